The Bertz CT molecular complexity index is 504. The summed E-state index contributed by atoms with van der Waals surface area (Å²) < 4.78 is 5.78. The molecule has 0 N–H and O–H groups in total. The van der Waals surface area contributed by atoms with Gasteiger partial charge < -0.3 is 4.74 Å². The number of hydrogen-bond donors (Lipinski definition) is 0. The van der Waals surface area contributed by atoms with Crippen molar-refractivity contribution in [1.82, 2.24) is 4.98 Å². The topological polar surface area (TPSA) is 22.1 Å². The van der Waals surface area contributed by atoms with Gasteiger partial charge in [0.1, 0.15) is 5.75 Å². The van der Waals surface area contributed by atoms with E-state index < -0.39 is 0 Å². The van der Waals surface area contributed by atoms with E-state index in [1.807, 2.05) is 30.3 Å². The van der Waals surface area contributed by atoms with E-state index in [0.29, 0.717) is 11.6 Å². The van der Waals surface area contributed by atoms with E-state index in [0.717, 1.165) is 23.1 Å². The second-order valence-electron chi connectivity index (χ2n) is 3.82. The summed E-state index contributed by atoms with van der Waals surface area (Å²) in [5, 5.41) is 1.39. The highest BCUT2D eigenvalue weighted by atomic mass is 79.9. The number of pyridine rings is 1. The van der Waals surface area contributed by atoms with Crippen LogP contribution in [0, 0.1) is 0 Å². The number of nitrogens with zero attached hydrogens (tertiary/aromatic N) is 1. The Morgan fingerprint density at radius 1 is 1.17 bits per heavy atom. The molecule has 18 heavy (non-hydrogen) atoms. The van der Waals surface area contributed by atoms with Crippen molar-refractivity contribution in [3.05, 3.63) is 58.9 Å². The number of aromatic nitrogens is 1. The van der Waals surface area contributed by atoms with E-state index in [1.165, 1.54) is 5.56 Å². The molecular formula is C14H13BrClNO. The third-order valence-electron chi connectivity index (χ3n) is 2.58. The maximum atomic E-state index is 6.13. The number of para-hydroxylation sites is 1. The summed E-state index contributed by atoms with van der Waals surface area (Å²) in [6, 6.07) is 9.75. The third kappa shape index (κ3) is 3.47. The predicted molar refractivity (Wildman–Crippen MR) is 77.5 cm³/mol. The quantitative estimate of drug-likeness (QED) is 0.766. The molecule has 0 fully saturated rings. The van der Waals surface area contributed by atoms with Gasteiger partial charge in [-0.2, -0.15) is 0 Å². The van der Waals surface area contributed by atoms with E-state index in [1.54, 1.807) is 12.4 Å². The smallest absolute Gasteiger partial charge is 0.141 e. The van der Waals surface area contributed by atoms with Crippen molar-refractivity contribution < 1.29 is 4.74 Å². The van der Waals surface area contributed by atoms with Gasteiger partial charge >= 0.3 is 0 Å². The van der Waals surface area contributed by atoms with Gasteiger partial charge in [-0.05, 0) is 23.8 Å². The van der Waals surface area contributed by atoms with E-state index >= 15 is 0 Å². The molecule has 1 heterocycles. The molecule has 0 spiro atoms. The maximum Gasteiger partial charge on any atom is 0.141 e. The molecule has 0 radical (unpaired) electrons. The summed E-state index contributed by atoms with van der Waals surface area (Å²) in [5.41, 5.74) is 2.27. The second kappa shape index (κ2) is 6.76. The van der Waals surface area contributed by atoms with Crippen LogP contribution in [0.2, 0.25) is 5.02 Å². The van der Waals surface area contributed by atoms with E-state index in [9.17, 15) is 0 Å². The van der Waals surface area contributed by atoms with Gasteiger partial charge in [0.2, 0.25) is 0 Å². The standard InChI is InChI=1S/C14H13BrClNO/c15-10-12-2-1-3-13(16)14(12)18-9-6-11-4-7-17-8-5-11/h1-5,7-8H,6,9-10H2. The van der Waals surface area contributed by atoms with Gasteiger partial charge in [-0.25, -0.2) is 0 Å². The minimum absolute atomic E-state index is 0.605. The van der Waals surface area contributed by atoms with E-state index in [2.05, 4.69) is 20.9 Å². The number of hydrogen-bond acceptors (Lipinski definition) is 2. The zero-order valence-electron chi connectivity index (χ0n) is 9.77. The molecule has 1 aromatic carbocycles. The van der Waals surface area contributed by atoms with Crippen molar-refractivity contribution >= 4 is 27.5 Å². The zero-order chi connectivity index (χ0) is 12.8. The van der Waals surface area contributed by atoms with Gasteiger partial charge in [0, 0.05) is 29.7 Å². The fourth-order valence-electron chi connectivity index (χ4n) is 1.64. The molecule has 2 rings (SSSR count). The normalized spacial score (nSPS) is 10.3. The van der Waals surface area contributed by atoms with E-state index in [4.69, 9.17) is 16.3 Å². The summed E-state index contributed by atoms with van der Waals surface area (Å²) >= 11 is 9.57. The lowest BCUT2D eigenvalue weighted by atomic mass is 10.2. The molecule has 94 valence electrons. The number of rotatable bonds is 5. The molecule has 0 saturated heterocycles. The number of halogens is 2. The Morgan fingerprint density at radius 2 is 1.94 bits per heavy atom. The van der Waals surface area contributed by atoms with Crippen LogP contribution in [-0.2, 0) is 11.8 Å². The molecule has 2 nitrogen and oxygen atoms in total. The molecular weight excluding hydrogens is 314 g/mol. The summed E-state index contributed by atoms with van der Waals surface area (Å²) in [4.78, 5) is 3.98. The monoisotopic (exact) mass is 325 g/mol. The summed E-state index contributed by atoms with van der Waals surface area (Å²) in [5.74, 6) is 0.769. The zero-order valence-corrected chi connectivity index (χ0v) is 12.1. The van der Waals surface area contributed by atoms with Gasteiger partial charge in [0.05, 0.1) is 11.6 Å². The van der Waals surface area contributed by atoms with Gasteiger partial charge in [0.15, 0.2) is 0 Å². The van der Waals surface area contributed by atoms with Crippen molar-refractivity contribution in [3.8, 4) is 5.75 Å². The molecule has 0 bridgehead atoms. The average Bonchev–Trinajstić information content (AvgIpc) is 2.41. The minimum Gasteiger partial charge on any atom is -0.491 e. The van der Waals surface area contributed by atoms with Crippen molar-refractivity contribution in [2.75, 3.05) is 6.61 Å². The van der Waals surface area contributed by atoms with Crippen LogP contribution in [0.25, 0.3) is 0 Å². The van der Waals surface area contributed by atoms with Crippen molar-refractivity contribution in [2.45, 2.75) is 11.8 Å². The maximum absolute atomic E-state index is 6.13. The second-order valence-corrected chi connectivity index (χ2v) is 4.78. The molecule has 0 aliphatic heterocycles. The molecule has 0 saturated carbocycles. The van der Waals surface area contributed by atoms with Crippen molar-refractivity contribution in [1.29, 1.82) is 0 Å². The van der Waals surface area contributed by atoms with Gasteiger partial charge in [-0.15, -0.1) is 0 Å². The highest BCUT2D eigenvalue weighted by Gasteiger charge is 2.07. The third-order valence-corrected chi connectivity index (χ3v) is 3.48. The molecule has 4 heteroatoms. The first-order chi connectivity index (χ1) is 8.81. The molecule has 0 unspecified atom stereocenters. The SMILES string of the molecule is Clc1cccc(CBr)c1OCCc1ccncc1. The van der Waals surface area contributed by atoms with Crippen LogP contribution in [0.3, 0.4) is 0 Å². The summed E-state index contributed by atoms with van der Waals surface area (Å²) in [6.45, 7) is 0.605. The Labute approximate surface area is 120 Å². The van der Waals surface area contributed by atoms with Crippen molar-refractivity contribution in [2.24, 2.45) is 0 Å². The van der Waals surface area contributed by atoms with Crippen LogP contribution in [0.4, 0.5) is 0 Å². The average molecular weight is 327 g/mol. The van der Waals surface area contributed by atoms with Gasteiger partial charge in [-0.1, -0.05) is 39.7 Å². The highest BCUT2D eigenvalue weighted by Crippen LogP contribution is 2.30. The lowest BCUT2D eigenvalue weighted by Gasteiger charge is -2.11. The summed E-state index contributed by atoms with van der Waals surface area (Å²) in [6.07, 6.45) is 4.42. The molecule has 0 aliphatic rings. The van der Waals surface area contributed by atoms with Crippen molar-refractivity contribution in [3.63, 3.8) is 0 Å². The number of benzene rings is 1. The van der Waals surface area contributed by atoms with Crippen LogP contribution < -0.4 is 4.74 Å². The minimum atomic E-state index is 0.605. The van der Waals surface area contributed by atoms with Crippen LogP contribution in [0.15, 0.2) is 42.7 Å². The first-order valence-corrected chi connectivity index (χ1v) is 7.16. The van der Waals surface area contributed by atoms with Crippen LogP contribution in [0.5, 0.6) is 5.75 Å². The molecule has 0 atom stereocenters. The molecule has 2 aromatic rings. The molecule has 1 aromatic heterocycles. The highest BCUT2D eigenvalue weighted by molar-refractivity contribution is 9.08. The van der Waals surface area contributed by atoms with Gasteiger partial charge in [0.25, 0.3) is 0 Å². The Morgan fingerprint density at radius 3 is 2.67 bits per heavy atom. The van der Waals surface area contributed by atoms with Crippen LogP contribution >= 0.6 is 27.5 Å². The fraction of sp³-hybridized carbons (Fsp3) is 0.214. The molecule has 0 aliphatic carbocycles. The Hall–Kier alpha value is -1.06. The fourth-order valence-corrected chi connectivity index (χ4v) is 2.33. The van der Waals surface area contributed by atoms with Crippen LogP contribution in [-0.4, -0.2) is 11.6 Å². The lowest BCUT2D eigenvalue weighted by molar-refractivity contribution is 0.320. The van der Waals surface area contributed by atoms with Crippen LogP contribution in [0.1, 0.15) is 11.1 Å². The largest absolute Gasteiger partial charge is 0.491 e. The number of ether oxygens (including phenoxy) is 1. The first kappa shape index (κ1) is 13.4. The number of alkyl halides is 1. The Balaban J connectivity index is 1.98. The van der Waals surface area contributed by atoms with E-state index in [-0.39, 0.29) is 0 Å². The Kier molecular flexibility index (Phi) is 5.02. The summed E-state index contributed by atoms with van der Waals surface area (Å²) in [7, 11) is 0. The lowest BCUT2D eigenvalue weighted by Crippen LogP contribution is -2.03. The predicted octanol–water partition coefficient (Wildman–Crippen LogP) is 4.25. The van der Waals surface area contributed by atoms with Gasteiger partial charge in [-0.3, -0.25) is 4.98 Å². The first-order valence-electron chi connectivity index (χ1n) is 5.66. The molecule has 0 amide bonds.